The van der Waals surface area contributed by atoms with E-state index in [-0.39, 0.29) is 22.8 Å². The minimum Gasteiger partial charge on any atom is -0.298 e. The average Bonchev–Trinajstić information content (AvgIpc) is 3.15. The van der Waals surface area contributed by atoms with Crippen molar-refractivity contribution in [1.82, 2.24) is 9.55 Å². The second kappa shape index (κ2) is 6.34. The van der Waals surface area contributed by atoms with Crippen LogP contribution in [0, 0.1) is 0 Å². The Balaban J connectivity index is 1.64. The average molecular weight is 439 g/mol. The number of fused-ring (bicyclic) bond motifs is 3. The van der Waals surface area contributed by atoms with Crippen molar-refractivity contribution in [3.05, 3.63) is 55.9 Å². The zero-order valence-corrected chi connectivity index (χ0v) is 16.5. The smallest absolute Gasteiger partial charge is 0.262 e. The highest BCUT2D eigenvalue weighted by Gasteiger charge is 2.22. The quantitative estimate of drug-likeness (QED) is 0.626. The van der Waals surface area contributed by atoms with Crippen LogP contribution in [0.2, 0.25) is 0 Å². The van der Waals surface area contributed by atoms with E-state index in [0.717, 1.165) is 34.1 Å². The number of hydrogen-bond donors (Lipinski definition) is 0. The number of benzene rings is 1. The molecule has 0 atom stereocenters. The molecule has 0 saturated heterocycles. The van der Waals surface area contributed by atoms with Crippen LogP contribution < -0.4 is 5.56 Å². The van der Waals surface area contributed by atoms with Crippen LogP contribution >= 0.6 is 27.3 Å². The summed E-state index contributed by atoms with van der Waals surface area (Å²) < 4.78 is 27.2. The van der Waals surface area contributed by atoms with Crippen molar-refractivity contribution in [3.63, 3.8) is 0 Å². The van der Waals surface area contributed by atoms with Crippen molar-refractivity contribution in [3.8, 4) is 0 Å². The van der Waals surface area contributed by atoms with Gasteiger partial charge in [0.05, 0.1) is 22.4 Å². The van der Waals surface area contributed by atoms with Crippen molar-refractivity contribution in [2.45, 2.75) is 30.7 Å². The standard InChI is InChI=1S/C17H15BrN2O3S2/c18-11-4-6-12(7-5-11)25(22,23)9-8-20-10-19-16-15(17(20)21)13-2-1-3-14(13)24-16/h4-7,10H,1-3,8-9H2. The summed E-state index contributed by atoms with van der Waals surface area (Å²) in [5, 5.41) is 0.682. The fourth-order valence-corrected chi connectivity index (χ4v) is 5.86. The first-order chi connectivity index (χ1) is 12.0. The normalized spacial score (nSPS) is 14.1. The van der Waals surface area contributed by atoms with Crippen molar-refractivity contribution in [2.75, 3.05) is 5.75 Å². The van der Waals surface area contributed by atoms with E-state index >= 15 is 0 Å². The lowest BCUT2D eigenvalue weighted by molar-refractivity contribution is 0.586. The molecule has 0 saturated carbocycles. The Morgan fingerprint density at radius 3 is 2.72 bits per heavy atom. The van der Waals surface area contributed by atoms with E-state index in [4.69, 9.17) is 0 Å². The molecule has 2 heterocycles. The Labute approximate surface area is 157 Å². The molecule has 0 fully saturated rings. The van der Waals surface area contributed by atoms with Crippen molar-refractivity contribution >= 4 is 47.3 Å². The molecule has 1 aromatic carbocycles. The maximum Gasteiger partial charge on any atom is 0.262 e. The largest absolute Gasteiger partial charge is 0.298 e. The molecule has 130 valence electrons. The fourth-order valence-electron chi connectivity index (χ4n) is 3.16. The van der Waals surface area contributed by atoms with Crippen LogP contribution in [0.25, 0.3) is 10.2 Å². The van der Waals surface area contributed by atoms with Gasteiger partial charge in [0.2, 0.25) is 0 Å². The van der Waals surface area contributed by atoms with Crippen LogP contribution in [0.1, 0.15) is 16.9 Å². The Morgan fingerprint density at radius 1 is 1.20 bits per heavy atom. The first kappa shape index (κ1) is 16.9. The third-order valence-corrected chi connectivity index (χ3v) is 7.90. The molecular formula is C17H15BrN2O3S2. The van der Waals surface area contributed by atoms with Gasteiger partial charge in [0.15, 0.2) is 9.84 Å². The predicted octanol–water partition coefficient (Wildman–Crippen LogP) is 3.18. The van der Waals surface area contributed by atoms with E-state index < -0.39 is 9.84 Å². The van der Waals surface area contributed by atoms with Crippen molar-refractivity contribution in [1.29, 1.82) is 0 Å². The van der Waals surface area contributed by atoms with Crippen LogP contribution in [-0.4, -0.2) is 23.7 Å². The lowest BCUT2D eigenvalue weighted by atomic mass is 10.2. The summed E-state index contributed by atoms with van der Waals surface area (Å²) in [7, 11) is -3.45. The molecule has 4 rings (SSSR count). The number of halogens is 1. The molecule has 0 N–H and O–H groups in total. The first-order valence-corrected chi connectivity index (χ1v) is 11.2. The highest BCUT2D eigenvalue weighted by atomic mass is 79.9. The number of aromatic nitrogens is 2. The summed E-state index contributed by atoms with van der Waals surface area (Å²) in [6.45, 7) is 0.102. The van der Waals surface area contributed by atoms with E-state index in [9.17, 15) is 13.2 Å². The minimum absolute atomic E-state index is 0.102. The van der Waals surface area contributed by atoms with Crippen LogP contribution in [0.4, 0.5) is 0 Å². The van der Waals surface area contributed by atoms with Crippen LogP contribution in [0.5, 0.6) is 0 Å². The Kier molecular flexibility index (Phi) is 4.29. The zero-order chi connectivity index (χ0) is 17.6. The van der Waals surface area contributed by atoms with Gasteiger partial charge in [-0.05, 0) is 49.1 Å². The maximum absolute atomic E-state index is 12.8. The van der Waals surface area contributed by atoms with Gasteiger partial charge in [0.25, 0.3) is 5.56 Å². The highest BCUT2D eigenvalue weighted by Crippen LogP contribution is 2.34. The number of hydrogen-bond acceptors (Lipinski definition) is 5. The summed E-state index contributed by atoms with van der Waals surface area (Å²) >= 11 is 4.88. The Morgan fingerprint density at radius 2 is 1.96 bits per heavy atom. The van der Waals surface area contributed by atoms with Gasteiger partial charge in [-0.2, -0.15) is 0 Å². The number of sulfone groups is 1. The molecule has 3 aromatic rings. The molecule has 0 radical (unpaired) electrons. The van der Waals surface area contributed by atoms with Gasteiger partial charge in [0.1, 0.15) is 4.83 Å². The van der Waals surface area contributed by atoms with E-state index in [1.165, 1.54) is 15.8 Å². The fraction of sp³-hybridized carbons (Fsp3) is 0.294. The van der Waals surface area contributed by atoms with Gasteiger partial charge < -0.3 is 0 Å². The molecule has 0 amide bonds. The molecule has 1 aliphatic carbocycles. The van der Waals surface area contributed by atoms with Gasteiger partial charge in [-0.3, -0.25) is 9.36 Å². The van der Waals surface area contributed by atoms with E-state index in [2.05, 4.69) is 20.9 Å². The topological polar surface area (TPSA) is 69.0 Å². The van der Waals surface area contributed by atoms with Gasteiger partial charge in [-0.15, -0.1) is 11.3 Å². The van der Waals surface area contributed by atoms with Crippen LogP contribution in [-0.2, 0) is 29.2 Å². The third-order valence-electron chi connectivity index (χ3n) is 4.47. The Bertz CT molecular complexity index is 1120. The Hall–Kier alpha value is -1.51. The first-order valence-electron chi connectivity index (χ1n) is 7.94. The summed E-state index contributed by atoms with van der Waals surface area (Å²) in [5.41, 5.74) is 0.984. The van der Waals surface area contributed by atoms with Crippen molar-refractivity contribution < 1.29 is 8.42 Å². The van der Waals surface area contributed by atoms with Gasteiger partial charge in [-0.1, -0.05) is 15.9 Å². The molecule has 1 aliphatic rings. The van der Waals surface area contributed by atoms with Gasteiger partial charge >= 0.3 is 0 Å². The molecule has 5 nitrogen and oxygen atoms in total. The SMILES string of the molecule is O=c1c2c3c(sc2ncn1CCS(=O)(=O)c1ccc(Br)cc1)CCC3. The molecule has 8 heteroatoms. The minimum atomic E-state index is -3.45. The zero-order valence-electron chi connectivity index (χ0n) is 13.2. The number of rotatable bonds is 4. The predicted molar refractivity (Wildman–Crippen MR) is 102 cm³/mol. The lowest BCUT2D eigenvalue weighted by Gasteiger charge is -2.07. The third kappa shape index (κ3) is 3.07. The van der Waals surface area contributed by atoms with Crippen LogP contribution in [0.15, 0.2) is 44.8 Å². The summed E-state index contributed by atoms with van der Waals surface area (Å²) in [6, 6.07) is 6.52. The molecule has 0 bridgehead atoms. The molecule has 2 aromatic heterocycles. The van der Waals surface area contributed by atoms with E-state index in [1.54, 1.807) is 35.6 Å². The van der Waals surface area contributed by atoms with Gasteiger partial charge in [0, 0.05) is 15.9 Å². The molecular weight excluding hydrogens is 424 g/mol. The second-order valence-corrected chi connectivity index (χ2v) is 10.2. The lowest BCUT2D eigenvalue weighted by Crippen LogP contribution is -2.24. The highest BCUT2D eigenvalue weighted by molar-refractivity contribution is 9.10. The number of aryl methyl sites for hydroxylation is 3. The van der Waals surface area contributed by atoms with Gasteiger partial charge in [-0.25, -0.2) is 13.4 Å². The summed E-state index contributed by atoms with van der Waals surface area (Å²) in [4.78, 5) is 19.4. The number of thiophene rings is 1. The molecule has 25 heavy (non-hydrogen) atoms. The van der Waals surface area contributed by atoms with E-state index in [1.807, 2.05) is 0 Å². The maximum atomic E-state index is 12.8. The monoisotopic (exact) mass is 438 g/mol. The van der Waals surface area contributed by atoms with E-state index in [0.29, 0.717) is 5.39 Å². The second-order valence-electron chi connectivity index (χ2n) is 6.05. The summed E-state index contributed by atoms with van der Waals surface area (Å²) in [5.74, 6) is -0.131. The van der Waals surface area contributed by atoms with Crippen molar-refractivity contribution in [2.24, 2.45) is 0 Å². The molecule has 0 aliphatic heterocycles. The number of nitrogens with zero attached hydrogens (tertiary/aromatic N) is 2. The molecule has 0 spiro atoms. The summed E-state index contributed by atoms with van der Waals surface area (Å²) in [6.07, 6.45) is 4.46. The van der Waals surface area contributed by atoms with Crippen LogP contribution in [0.3, 0.4) is 0 Å². The molecule has 0 unspecified atom stereocenters.